The van der Waals surface area contributed by atoms with Gasteiger partial charge in [-0.25, -0.2) is 23.6 Å². The molecule has 6 aliphatic rings. The number of aliphatic hydroxyl groups excluding tert-OH is 8. The number of anilines is 2. The third kappa shape index (κ3) is 11.8. The second kappa shape index (κ2) is 25.0. The van der Waals surface area contributed by atoms with Gasteiger partial charge in [0, 0.05) is 18.5 Å². The van der Waals surface area contributed by atoms with Crippen LogP contribution in [0.2, 0.25) is 0 Å². The predicted molar refractivity (Wildman–Crippen MR) is 278 cm³/mol. The van der Waals surface area contributed by atoms with Crippen molar-refractivity contribution in [2.45, 2.75) is 119 Å². The molecule has 8 heterocycles. The lowest BCUT2D eigenvalue weighted by Crippen LogP contribution is -2.47. The molecule has 14 N–H and O–H groups in total. The molecule has 4 aromatic heterocycles. The predicted octanol–water partition coefficient (Wildman–Crippen LogP) is -2.79. The van der Waals surface area contributed by atoms with Crippen LogP contribution in [0.25, 0.3) is 0 Å². The summed E-state index contributed by atoms with van der Waals surface area (Å²) in [5, 5.41) is 74.4. The molecule has 28 nitrogen and oxygen atoms in total. The lowest BCUT2D eigenvalue weighted by molar-refractivity contribution is -0.141. The first kappa shape index (κ1) is 63.4. The minimum atomic E-state index is -1.56. The molecule has 10 rings (SSSR count). The lowest BCUT2D eigenvalue weighted by Gasteiger charge is -2.30. The van der Waals surface area contributed by atoms with Crippen LogP contribution in [0, 0.1) is 23.5 Å². The summed E-state index contributed by atoms with van der Waals surface area (Å²) in [6.07, 6.45) is -1.65. The van der Waals surface area contributed by atoms with Gasteiger partial charge in [0.1, 0.15) is 74.1 Å². The van der Waals surface area contributed by atoms with Crippen molar-refractivity contribution >= 4 is 81.2 Å². The van der Waals surface area contributed by atoms with Crippen LogP contribution >= 0.6 is 69.6 Å². The highest BCUT2D eigenvalue weighted by atomic mass is 35.5. The zero-order valence-electron chi connectivity index (χ0n) is 41.1. The summed E-state index contributed by atoms with van der Waals surface area (Å²) in [7, 11) is 0. The van der Waals surface area contributed by atoms with E-state index in [0.717, 1.165) is 41.0 Å². The Morgan fingerprint density at radius 2 is 0.975 bits per heavy atom. The fraction of sp³-hybridized carbons (Fsp3) is 0.636. The Morgan fingerprint density at radius 1 is 0.562 bits per heavy atom. The van der Waals surface area contributed by atoms with E-state index in [-0.39, 0.29) is 42.6 Å². The number of halogens is 8. The van der Waals surface area contributed by atoms with Crippen LogP contribution in [0.1, 0.15) is 50.6 Å². The fourth-order valence-electron chi connectivity index (χ4n) is 9.50. The van der Waals surface area contributed by atoms with Gasteiger partial charge in [-0.05, 0) is 43.6 Å². The van der Waals surface area contributed by atoms with Gasteiger partial charge in [0.25, 0.3) is 11.1 Å². The molecule has 0 spiro atoms. The normalized spacial score (nSPS) is 35.4. The molecular formula is C44H54Cl6F2N10O18. The number of hydrogen-bond acceptors (Lipinski definition) is 22. The highest BCUT2D eigenvalue weighted by Crippen LogP contribution is 2.53. The molecule has 4 aromatic rings. The van der Waals surface area contributed by atoms with Gasteiger partial charge in [0.2, 0.25) is 5.82 Å². The lowest BCUT2D eigenvalue weighted by atomic mass is 9.92. The molecule has 444 valence electrons. The number of hydrogen-bond donors (Lipinski definition) is 12. The first-order valence-electron chi connectivity index (χ1n) is 24.0. The second-order valence-corrected chi connectivity index (χ2v) is 22.0. The van der Waals surface area contributed by atoms with Gasteiger partial charge >= 0.3 is 22.8 Å². The number of H-pyrrole nitrogens is 2. The number of aromatic amines is 2. The Balaban J connectivity index is 0.000000154. The Bertz CT molecular complexity index is 3220. The van der Waals surface area contributed by atoms with Crippen LogP contribution in [-0.4, -0.2) is 186 Å². The second-order valence-electron chi connectivity index (χ2n) is 19.4. The summed E-state index contributed by atoms with van der Waals surface area (Å²) < 4.78 is 52.7. The topological polar surface area (TPSA) is 430 Å². The fourth-order valence-corrected chi connectivity index (χ4v) is 11.7. The molecule has 80 heavy (non-hydrogen) atoms. The molecule has 0 aromatic carbocycles. The molecular weight excluding hydrogens is 1210 g/mol. The van der Waals surface area contributed by atoms with Crippen molar-refractivity contribution in [3.8, 4) is 0 Å². The van der Waals surface area contributed by atoms with Crippen LogP contribution in [0.4, 0.5) is 20.4 Å². The minimum absolute atomic E-state index is 0.0345. The Morgan fingerprint density at radius 3 is 1.40 bits per heavy atom. The number of nitrogens with zero attached hydrogens (tertiary/aromatic N) is 6. The number of nitrogen functional groups attached to an aromatic ring is 2. The standard InChI is InChI=1S/C12H16ClN3O4.C12H15ClN2O5.C10H12Cl2FN3O4.C10H11Cl2FN2O5/c13-8-9(18)12(5-17,6-1-2-6)20-10(8)16-4-3-7(14)15-11(16)19;13-8-9(18)12(5-16,6-1-2-6)20-10(8)15-4-3-7(17)14-11(15)19;11-2-10(3-17)6(18)5(12)8(20-10)16-1-4(13)7(14)15-9(16)19;11-2-10(3-16)6(17)5(12)8(20-10)15-1-4(13)7(18)14-9(15)19/h3-4,6,8-10,17-18H,1-2,5H2,(H2,14,15,19);3-4,6,8-10,16,18H,1-2,5H2,(H,14,17,19);1,5-6,8,17-18H,2-3H2,(H2,14,15,19);1,5-6,8,16-17H,2-3H2,(H,14,18,19)/t2*8-,9+,10-,12+;2*5-,6+,8-,10-/m1111/s1. The highest BCUT2D eigenvalue weighted by molar-refractivity contribution is 6.23. The van der Waals surface area contributed by atoms with Gasteiger partial charge in [-0.15, -0.1) is 69.6 Å². The number of aromatic nitrogens is 8. The number of rotatable bonds is 12. The summed E-state index contributed by atoms with van der Waals surface area (Å²) in [5.74, 6) is -3.04. The number of aliphatic hydroxyl groups is 8. The van der Waals surface area contributed by atoms with Crippen molar-refractivity contribution in [1.29, 1.82) is 0 Å². The average molecular weight is 1260 g/mol. The molecule has 4 aliphatic heterocycles. The van der Waals surface area contributed by atoms with E-state index >= 15 is 0 Å². The van der Waals surface area contributed by atoms with Crippen LogP contribution in [0.5, 0.6) is 0 Å². The highest BCUT2D eigenvalue weighted by Gasteiger charge is 2.63. The summed E-state index contributed by atoms with van der Waals surface area (Å²) in [4.78, 5) is 79.8. The molecule has 16 atom stereocenters. The van der Waals surface area contributed by atoms with Gasteiger partial charge in [-0.1, -0.05) is 0 Å². The molecule has 0 amide bonds. The number of ether oxygens (including phenoxy) is 4. The summed E-state index contributed by atoms with van der Waals surface area (Å²) in [6.45, 7) is -1.96. The molecule has 2 saturated carbocycles. The average Bonchev–Trinajstić information content (AvgIpc) is 4.39. The van der Waals surface area contributed by atoms with Crippen molar-refractivity contribution in [2.24, 2.45) is 11.8 Å². The number of alkyl halides is 6. The van der Waals surface area contributed by atoms with Gasteiger partial charge in [0.05, 0.1) is 50.6 Å². The summed E-state index contributed by atoms with van der Waals surface area (Å²) >= 11 is 35.6. The molecule has 2 aliphatic carbocycles. The third-order valence-electron chi connectivity index (χ3n) is 14.4. The van der Waals surface area contributed by atoms with Crippen molar-refractivity contribution in [3.05, 3.63) is 111 Å². The van der Waals surface area contributed by atoms with Crippen molar-refractivity contribution in [3.63, 3.8) is 0 Å². The minimum Gasteiger partial charge on any atom is -0.393 e. The van der Waals surface area contributed by atoms with E-state index in [1.54, 1.807) is 4.98 Å². The van der Waals surface area contributed by atoms with Crippen molar-refractivity contribution in [1.82, 2.24) is 38.2 Å². The molecule has 4 saturated heterocycles. The monoisotopic (exact) mass is 1260 g/mol. The van der Waals surface area contributed by atoms with Gasteiger partial charge in [-0.2, -0.15) is 14.4 Å². The SMILES string of the molecule is Nc1ccn([C@@H]2O[C@@](CO)(C3CC3)[C@@H](O)[C@H]2Cl)c(=O)n1.Nc1nc(=O)n([C@@H]2O[C@@](CO)(CCl)[C@@H](O)[C@H]2Cl)cc1F.O=c1[nH]c(=O)n([C@@H]2O[C@@](CO)(CCl)[C@@H](O)[C@H]2Cl)cc1F.O=c1ccn([C@@H]2O[C@@](CO)(C3CC3)[C@@H](O)[C@H]2Cl)c(=O)[nH]1. The van der Waals surface area contributed by atoms with Gasteiger partial charge < -0.3 is 71.3 Å². The maximum atomic E-state index is 13.4. The quantitative estimate of drug-likeness (QED) is 0.0638. The molecule has 36 heteroatoms. The number of nitrogens with two attached hydrogens (primary N) is 2. The zero-order valence-corrected chi connectivity index (χ0v) is 45.7. The third-order valence-corrected chi connectivity index (χ3v) is 17.2. The molecule has 0 radical (unpaired) electrons. The Hall–Kier alpha value is -4.16. The van der Waals surface area contributed by atoms with E-state index in [4.69, 9.17) is 100 Å². The van der Waals surface area contributed by atoms with E-state index < -0.39 is 158 Å². The summed E-state index contributed by atoms with van der Waals surface area (Å²) in [5.41, 5.74) is 0.470. The Kier molecular flexibility index (Phi) is 19.8. The van der Waals surface area contributed by atoms with Gasteiger partial charge in [-0.3, -0.25) is 37.8 Å². The zero-order chi connectivity index (χ0) is 59.1. The first-order chi connectivity index (χ1) is 37.7. The maximum absolute atomic E-state index is 13.4. The molecule has 0 unspecified atom stereocenters. The van der Waals surface area contributed by atoms with Crippen LogP contribution < -0.4 is 45.3 Å². The van der Waals surface area contributed by atoms with E-state index in [2.05, 4.69) is 15.0 Å². The van der Waals surface area contributed by atoms with E-state index in [0.29, 0.717) is 10.8 Å². The molecule has 0 bridgehead atoms. The van der Waals surface area contributed by atoms with Crippen molar-refractivity contribution < 1.29 is 68.6 Å². The van der Waals surface area contributed by atoms with E-state index in [9.17, 15) is 78.4 Å². The maximum Gasteiger partial charge on any atom is 0.351 e. The first-order valence-corrected chi connectivity index (χ1v) is 26.8. The largest absolute Gasteiger partial charge is 0.393 e. The van der Waals surface area contributed by atoms with Gasteiger partial charge in [0.15, 0.2) is 36.5 Å². The summed E-state index contributed by atoms with van der Waals surface area (Å²) in [6, 6.07) is 2.63. The van der Waals surface area contributed by atoms with Crippen molar-refractivity contribution in [2.75, 3.05) is 49.7 Å². The van der Waals surface area contributed by atoms with Crippen LogP contribution in [-0.2, 0) is 18.9 Å². The molecule has 6 fully saturated rings. The number of nitrogens with one attached hydrogen (secondary N) is 2. The smallest absolute Gasteiger partial charge is 0.351 e. The Labute approximate surface area is 477 Å². The van der Waals surface area contributed by atoms with Crippen LogP contribution in [0.15, 0.2) is 65.7 Å². The van der Waals surface area contributed by atoms with E-state index in [1.165, 1.54) is 29.1 Å². The van der Waals surface area contributed by atoms with Crippen LogP contribution in [0.3, 0.4) is 0 Å². The van der Waals surface area contributed by atoms with E-state index in [1.807, 2.05) is 0 Å².